The number of ether oxygens (including phenoxy) is 1. The Morgan fingerprint density at radius 2 is 1.85 bits per heavy atom. The third kappa shape index (κ3) is 4.57. The molecule has 27 heavy (non-hydrogen) atoms. The topological polar surface area (TPSA) is 41.5 Å². The maximum absolute atomic E-state index is 14.5. The molecule has 0 aromatic heterocycles. The van der Waals surface area contributed by atoms with E-state index in [9.17, 15) is 9.50 Å². The van der Waals surface area contributed by atoms with E-state index in [0.29, 0.717) is 18.6 Å². The highest BCUT2D eigenvalue weighted by atomic mass is 19.1. The Morgan fingerprint density at radius 3 is 2.56 bits per heavy atom. The molecule has 0 radical (unpaired) electrons. The molecule has 2 N–H and O–H groups in total. The van der Waals surface area contributed by atoms with Crippen LogP contribution >= 0.6 is 0 Å². The lowest BCUT2D eigenvalue weighted by Crippen LogP contribution is -2.44. The number of rotatable bonds is 8. The van der Waals surface area contributed by atoms with Gasteiger partial charge >= 0.3 is 0 Å². The van der Waals surface area contributed by atoms with Gasteiger partial charge in [-0.05, 0) is 55.8 Å². The largest absolute Gasteiger partial charge is 0.385 e. The molecule has 2 aromatic rings. The second-order valence-corrected chi connectivity index (χ2v) is 7.44. The molecule has 0 spiro atoms. The van der Waals surface area contributed by atoms with Crippen LogP contribution in [0.4, 0.5) is 4.39 Å². The van der Waals surface area contributed by atoms with Crippen LogP contribution in [0.5, 0.6) is 0 Å². The van der Waals surface area contributed by atoms with E-state index in [0.717, 1.165) is 49.9 Å². The van der Waals surface area contributed by atoms with E-state index in [-0.39, 0.29) is 11.7 Å². The molecule has 3 rings (SSSR count). The second kappa shape index (κ2) is 9.45. The van der Waals surface area contributed by atoms with Crippen LogP contribution < -0.4 is 5.32 Å². The first-order chi connectivity index (χ1) is 13.2. The average Bonchev–Trinajstić information content (AvgIpc) is 2.72. The van der Waals surface area contributed by atoms with Crippen LogP contribution in [0.15, 0.2) is 48.5 Å². The van der Waals surface area contributed by atoms with Crippen LogP contribution in [0.1, 0.15) is 37.7 Å². The third-order valence-electron chi connectivity index (χ3n) is 5.69. The summed E-state index contributed by atoms with van der Waals surface area (Å²) >= 11 is 0. The number of piperidine rings is 1. The van der Waals surface area contributed by atoms with Crippen LogP contribution in [0.25, 0.3) is 11.1 Å². The van der Waals surface area contributed by atoms with E-state index in [1.165, 1.54) is 6.07 Å². The summed E-state index contributed by atoms with van der Waals surface area (Å²) < 4.78 is 19.7. The van der Waals surface area contributed by atoms with Crippen molar-refractivity contribution in [1.29, 1.82) is 0 Å². The lowest BCUT2D eigenvalue weighted by molar-refractivity contribution is -0.0429. The molecular formula is C23H30FNO2. The van der Waals surface area contributed by atoms with Crippen molar-refractivity contribution in [3.05, 3.63) is 59.9 Å². The normalized spacial score (nSPS) is 19.6. The van der Waals surface area contributed by atoms with Gasteiger partial charge in [-0.1, -0.05) is 42.5 Å². The highest BCUT2D eigenvalue weighted by molar-refractivity contribution is 5.69. The van der Waals surface area contributed by atoms with Gasteiger partial charge in [0.15, 0.2) is 0 Å². The van der Waals surface area contributed by atoms with Gasteiger partial charge in [0.05, 0.1) is 5.60 Å². The van der Waals surface area contributed by atoms with Crippen molar-refractivity contribution < 1.29 is 14.2 Å². The van der Waals surface area contributed by atoms with Gasteiger partial charge in [-0.15, -0.1) is 0 Å². The van der Waals surface area contributed by atoms with Gasteiger partial charge in [0.2, 0.25) is 0 Å². The van der Waals surface area contributed by atoms with E-state index in [4.69, 9.17) is 4.74 Å². The fourth-order valence-electron chi connectivity index (χ4n) is 4.23. The number of methoxy groups -OCH3 is 1. The van der Waals surface area contributed by atoms with E-state index in [2.05, 4.69) is 5.32 Å². The van der Waals surface area contributed by atoms with Gasteiger partial charge in [0.1, 0.15) is 5.82 Å². The van der Waals surface area contributed by atoms with E-state index >= 15 is 0 Å². The zero-order valence-corrected chi connectivity index (χ0v) is 16.1. The number of benzene rings is 2. The Balaban J connectivity index is 2.00. The number of hydrogen-bond donors (Lipinski definition) is 2. The molecule has 1 saturated heterocycles. The average molecular weight is 371 g/mol. The molecule has 2 atom stereocenters. The third-order valence-corrected chi connectivity index (χ3v) is 5.69. The minimum Gasteiger partial charge on any atom is -0.385 e. The monoisotopic (exact) mass is 371 g/mol. The minimum atomic E-state index is -0.986. The lowest BCUT2D eigenvalue weighted by Gasteiger charge is -2.40. The van der Waals surface area contributed by atoms with Crippen molar-refractivity contribution in [3.63, 3.8) is 0 Å². The number of halogens is 1. The Hall–Kier alpha value is -1.75. The van der Waals surface area contributed by atoms with Gasteiger partial charge in [-0.25, -0.2) is 4.39 Å². The molecule has 0 bridgehead atoms. The molecule has 2 aromatic carbocycles. The van der Waals surface area contributed by atoms with Crippen LogP contribution in [0.2, 0.25) is 0 Å². The molecular weight excluding hydrogens is 341 g/mol. The summed E-state index contributed by atoms with van der Waals surface area (Å²) in [5.74, 6) is -0.143. The summed E-state index contributed by atoms with van der Waals surface area (Å²) in [5.41, 5.74) is 1.18. The molecule has 146 valence electrons. The molecule has 4 heteroatoms. The molecule has 3 nitrogen and oxygen atoms in total. The summed E-state index contributed by atoms with van der Waals surface area (Å²) in [5, 5.41) is 15.4. The van der Waals surface area contributed by atoms with Crippen molar-refractivity contribution in [2.45, 2.75) is 37.7 Å². The predicted molar refractivity (Wildman–Crippen MR) is 107 cm³/mol. The Bertz CT molecular complexity index is 730. The molecule has 0 unspecified atom stereocenters. The van der Waals surface area contributed by atoms with Crippen LogP contribution in [-0.4, -0.2) is 31.9 Å². The number of aliphatic hydroxyl groups is 1. The van der Waals surface area contributed by atoms with Crippen molar-refractivity contribution in [1.82, 2.24) is 5.32 Å². The lowest BCUT2D eigenvalue weighted by atomic mass is 9.72. The number of nitrogens with one attached hydrogen (secondary N) is 1. The van der Waals surface area contributed by atoms with Gasteiger partial charge in [0.25, 0.3) is 0 Å². The van der Waals surface area contributed by atoms with Crippen molar-refractivity contribution in [2.75, 3.05) is 26.8 Å². The molecule has 0 saturated carbocycles. The standard InChI is InChI=1S/C23H30FNO2/c1-27-16-7-6-14-23(26,18-9-8-15-25-17-18)21-12-4-2-10-19(21)20-11-3-5-13-22(20)24/h2-5,10-13,18,25-26H,6-9,14-17H2,1H3/t18-,23+/m1/s1. The van der Waals surface area contributed by atoms with E-state index in [1.54, 1.807) is 19.2 Å². The van der Waals surface area contributed by atoms with Gasteiger partial charge in [0, 0.05) is 31.7 Å². The summed E-state index contributed by atoms with van der Waals surface area (Å²) in [6, 6.07) is 14.5. The molecule has 0 aliphatic carbocycles. The van der Waals surface area contributed by atoms with Crippen molar-refractivity contribution in [2.24, 2.45) is 5.92 Å². The highest BCUT2D eigenvalue weighted by Gasteiger charge is 2.40. The zero-order valence-electron chi connectivity index (χ0n) is 16.1. The maximum Gasteiger partial charge on any atom is 0.131 e. The minimum absolute atomic E-state index is 0.113. The summed E-state index contributed by atoms with van der Waals surface area (Å²) in [7, 11) is 1.70. The first-order valence-electron chi connectivity index (χ1n) is 9.93. The molecule has 1 heterocycles. The Labute approximate surface area is 161 Å². The Morgan fingerprint density at radius 1 is 1.11 bits per heavy atom. The van der Waals surface area contributed by atoms with Gasteiger partial charge in [-0.2, -0.15) is 0 Å². The Kier molecular flexibility index (Phi) is 7.00. The maximum atomic E-state index is 14.5. The van der Waals surface area contributed by atoms with Gasteiger partial charge < -0.3 is 15.2 Å². The predicted octanol–water partition coefficient (Wildman–Crippen LogP) is 4.50. The van der Waals surface area contributed by atoms with E-state index in [1.807, 2.05) is 30.3 Å². The first kappa shape index (κ1) is 20.0. The summed E-state index contributed by atoms with van der Waals surface area (Å²) in [6.07, 6.45) is 4.44. The second-order valence-electron chi connectivity index (χ2n) is 7.44. The molecule has 1 aliphatic rings. The van der Waals surface area contributed by atoms with Crippen LogP contribution in [0, 0.1) is 11.7 Å². The molecule has 1 aliphatic heterocycles. The fourth-order valence-corrected chi connectivity index (χ4v) is 4.23. The van der Waals surface area contributed by atoms with E-state index < -0.39 is 5.60 Å². The zero-order chi connectivity index (χ0) is 19.1. The fraction of sp³-hybridized carbons (Fsp3) is 0.478. The highest BCUT2D eigenvalue weighted by Crippen LogP contribution is 2.43. The quantitative estimate of drug-likeness (QED) is 0.672. The smallest absolute Gasteiger partial charge is 0.131 e. The number of hydrogen-bond acceptors (Lipinski definition) is 3. The van der Waals surface area contributed by atoms with Gasteiger partial charge in [-0.3, -0.25) is 0 Å². The summed E-state index contributed by atoms with van der Waals surface area (Å²) in [6.45, 7) is 2.46. The summed E-state index contributed by atoms with van der Waals surface area (Å²) in [4.78, 5) is 0. The molecule has 1 fully saturated rings. The van der Waals surface area contributed by atoms with Crippen LogP contribution in [0.3, 0.4) is 0 Å². The SMILES string of the molecule is COCCCC[C@@](O)(c1ccccc1-c1ccccc1F)[C@@H]1CCCNC1. The van der Waals surface area contributed by atoms with Crippen molar-refractivity contribution in [3.8, 4) is 11.1 Å². The van der Waals surface area contributed by atoms with Crippen LogP contribution in [-0.2, 0) is 10.3 Å². The number of unbranched alkanes of at least 4 members (excludes halogenated alkanes) is 1. The van der Waals surface area contributed by atoms with Crippen molar-refractivity contribution >= 4 is 0 Å². The molecule has 0 amide bonds. The first-order valence-corrected chi connectivity index (χ1v) is 9.93.